The lowest BCUT2D eigenvalue weighted by Gasteiger charge is -2.06. The summed E-state index contributed by atoms with van der Waals surface area (Å²) in [5.41, 5.74) is 0.660. The Balaban J connectivity index is 2.23. The van der Waals surface area contributed by atoms with Crippen molar-refractivity contribution < 1.29 is 18.3 Å². The van der Waals surface area contributed by atoms with Crippen LogP contribution in [0, 0.1) is 6.92 Å². The number of rotatable bonds is 5. The molecule has 0 bridgehead atoms. The highest BCUT2D eigenvalue weighted by molar-refractivity contribution is 9.10. The maximum atomic E-state index is 12.2. The fourth-order valence-corrected chi connectivity index (χ4v) is 4.10. The Hall–Kier alpha value is -1.45. The summed E-state index contributed by atoms with van der Waals surface area (Å²) in [6.07, 6.45) is -0.199. The summed E-state index contributed by atoms with van der Waals surface area (Å²) in [6, 6.07) is 6.12. The van der Waals surface area contributed by atoms with Crippen molar-refractivity contribution in [1.29, 1.82) is 0 Å². The summed E-state index contributed by atoms with van der Waals surface area (Å²) in [5, 5.41) is 8.70. The summed E-state index contributed by atoms with van der Waals surface area (Å²) < 4.78 is 27.6. The molecule has 0 spiro atoms. The molecule has 0 amide bonds. The number of carbonyl (C=O) groups is 1. The first kappa shape index (κ1) is 15.9. The predicted molar refractivity (Wildman–Crippen MR) is 83.1 cm³/mol. The average molecular weight is 391 g/mol. The summed E-state index contributed by atoms with van der Waals surface area (Å²) in [7, 11) is -3.76. The number of carboxylic acids is 1. The van der Waals surface area contributed by atoms with E-state index in [0.717, 1.165) is 15.8 Å². The number of nitrogens with one attached hydrogen (secondary N) is 1. The van der Waals surface area contributed by atoms with Gasteiger partial charge in [0, 0.05) is 9.35 Å². The fourth-order valence-electron chi connectivity index (χ4n) is 1.54. The molecule has 2 N–H and O–H groups in total. The van der Waals surface area contributed by atoms with Gasteiger partial charge in [0.05, 0.1) is 12.1 Å². The normalized spacial score (nSPS) is 11.3. The molecule has 2 aromatic heterocycles. The molecule has 2 aromatic rings. The van der Waals surface area contributed by atoms with Crippen LogP contribution in [0.2, 0.25) is 0 Å². The van der Waals surface area contributed by atoms with E-state index in [9.17, 15) is 13.2 Å². The Kier molecular flexibility index (Phi) is 4.64. The van der Waals surface area contributed by atoms with Crippen LogP contribution in [-0.2, 0) is 21.2 Å². The number of nitrogens with zero attached hydrogens (tertiary/aromatic N) is 1. The van der Waals surface area contributed by atoms with Gasteiger partial charge in [-0.25, -0.2) is 13.4 Å². The number of aryl methyl sites for hydroxylation is 1. The van der Waals surface area contributed by atoms with Gasteiger partial charge in [-0.1, -0.05) is 0 Å². The molecular weight excluding hydrogens is 380 g/mol. The third-order valence-electron chi connectivity index (χ3n) is 2.49. The monoisotopic (exact) mass is 390 g/mol. The zero-order chi connectivity index (χ0) is 15.6. The lowest BCUT2D eigenvalue weighted by Crippen LogP contribution is -2.12. The molecule has 0 saturated carbocycles. The van der Waals surface area contributed by atoms with Crippen LogP contribution >= 0.6 is 27.3 Å². The topological polar surface area (TPSA) is 96.4 Å². The van der Waals surface area contributed by atoms with Gasteiger partial charge in [0.1, 0.15) is 10.0 Å². The summed E-state index contributed by atoms with van der Waals surface area (Å²) >= 11 is 4.21. The molecule has 0 aliphatic heterocycles. The average Bonchev–Trinajstić information content (AvgIpc) is 2.82. The lowest BCUT2D eigenvalue weighted by molar-refractivity contribution is -0.136. The van der Waals surface area contributed by atoms with Gasteiger partial charge < -0.3 is 5.11 Å². The van der Waals surface area contributed by atoms with E-state index in [4.69, 9.17) is 5.11 Å². The Morgan fingerprint density at radius 2 is 2.10 bits per heavy atom. The number of aliphatic carboxylic acids is 1. The zero-order valence-electron chi connectivity index (χ0n) is 10.8. The van der Waals surface area contributed by atoms with Crippen LogP contribution in [0.3, 0.4) is 0 Å². The number of hydrogen-bond donors (Lipinski definition) is 2. The lowest BCUT2D eigenvalue weighted by atomic mass is 10.3. The third kappa shape index (κ3) is 4.02. The van der Waals surface area contributed by atoms with Crippen LogP contribution < -0.4 is 4.72 Å². The van der Waals surface area contributed by atoms with E-state index < -0.39 is 16.0 Å². The molecule has 2 heterocycles. The van der Waals surface area contributed by atoms with E-state index in [1.165, 1.54) is 12.1 Å². The number of hydrogen-bond acceptors (Lipinski definition) is 5. The molecule has 0 unspecified atom stereocenters. The van der Waals surface area contributed by atoms with Crippen molar-refractivity contribution in [3.63, 3.8) is 0 Å². The molecule has 0 saturated heterocycles. The maximum Gasteiger partial charge on any atom is 0.308 e. The van der Waals surface area contributed by atoms with E-state index in [1.807, 2.05) is 0 Å². The van der Waals surface area contributed by atoms with Crippen molar-refractivity contribution in [3.8, 4) is 0 Å². The third-order valence-corrected chi connectivity index (χ3v) is 6.26. The SMILES string of the molecule is Cc1nc(NS(=O)(=O)c2ccc(CC(=O)O)s2)ccc1Br. The largest absolute Gasteiger partial charge is 0.481 e. The minimum absolute atomic E-state index is 0.0566. The van der Waals surface area contributed by atoms with Crippen LogP contribution in [0.4, 0.5) is 5.82 Å². The fraction of sp³-hybridized carbons (Fsp3) is 0.167. The first-order valence-corrected chi connectivity index (χ1v) is 8.83. The molecule has 2 rings (SSSR count). The highest BCUT2D eigenvalue weighted by Gasteiger charge is 2.18. The molecule has 0 atom stereocenters. The molecule has 0 radical (unpaired) electrons. The van der Waals surface area contributed by atoms with Gasteiger partial charge in [0.15, 0.2) is 0 Å². The van der Waals surface area contributed by atoms with Crippen molar-refractivity contribution in [1.82, 2.24) is 4.98 Å². The number of pyridine rings is 1. The molecule has 21 heavy (non-hydrogen) atoms. The highest BCUT2D eigenvalue weighted by Crippen LogP contribution is 2.25. The Morgan fingerprint density at radius 1 is 1.38 bits per heavy atom. The Labute approximate surface area is 134 Å². The summed E-state index contributed by atoms with van der Waals surface area (Å²) in [5.74, 6) is -0.789. The number of aromatic nitrogens is 1. The number of anilines is 1. The van der Waals surface area contributed by atoms with Crippen LogP contribution in [0.25, 0.3) is 0 Å². The zero-order valence-corrected chi connectivity index (χ0v) is 14.0. The Bertz CT molecular complexity index is 786. The van der Waals surface area contributed by atoms with Crippen molar-refractivity contribution >= 4 is 49.1 Å². The van der Waals surface area contributed by atoms with Gasteiger partial charge in [-0.05, 0) is 47.1 Å². The van der Waals surface area contributed by atoms with Gasteiger partial charge in [-0.2, -0.15) is 0 Å². The second-order valence-electron chi connectivity index (χ2n) is 4.16. The standard InChI is InChI=1S/C12H11BrN2O4S2/c1-7-9(13)3-4-10(14-7)15-21(18,19)12-5-2-8(20-12)6-11(16)17/h2-5H,6H2,1H3,(H,14,15)(H,16,17). The molecule has 6 nitrogen and oxygen atoms in total. The minimum atomic E-state index is -3.76. The number of sulfonamides is 1. The first-order chi connectivity index (χ1) is 9.78. The van der Waals surface area contributed by atoms with Crippen molar-refractivity contribution in [3.05, 3.63) is 39.3 Å². The van der Waals surface area contributed by atoms with E-state index >= 15 is 0 Å². The molecule has 0 aromatic carbocycles. The summed E-state index contributed by atoms with van der Waals surface area (Å²) in [6.45, 7) is 1.75. The molecule has 112 valence electrons. The predicted octanol–water partition coefficient (Wildman–Crippen LogP) is 2.64. The number of thiophene rings is 1. The molecular formula is C12H11BrN2O4S2. The van der Waals surface area contributed by atoms with Gasteiger partial charge >= 0.3 is 5.97 Å². The first-order valence-electron chi connectivity index (χ1n) is 5.74. The number of carboxylic acid groups (broad SMARTS) is 1. The minimum Gasteiger partial charge on any atom is -0.481 e. The van der Waals surface area contributed by atoms with Gasteiger partial charge in [-0.15, -0.1) is 11.3 Å². The van der Waals surface area contributed by atoms with E-state index in [-0.39, 0.29) is 16.4 Å². The van der Waals surface area contributed by atoms with Crippen LogP contribution in [0.5, 0.6) is 0 Å². The smallest absolute Gasteiger partial charge is 0.308 e. The molecule has 9 heteroatoms. The second-order valence-corrected chi connectivity index (χ2v) is 8.09. The van der Waals surface area contributed by atoms with E-state index in [0.29, 0.717) is 10.6 Å². The number of halogens is 1. The van der Waals surface area contributed by atoms with Gasteiger partial charge in [0.25, 0.3) is 10.0 Å². The van der Waals surface area contributed by atoms with Crippen molar-refractivity contribution in [2.45, 2.75) is 17.6 Å². The quantitative estimate of drug-likeness (QED) is 0.817. The highest BCUT2D eigenvalue weighted by atomic mass is 79.9. The van der Waals surface area contributed by atoms with Crippen molar-refractivity contribution in [2.24, 2.45) is 0 Å². The maximum absolute atomic E-state index is 12.2. The van der Waals surface area contributed by atoms with Crippen LogP contribution in [0.15, 0.2) is 32.9 Å². The van der Waals surface area contributed by atoms with Crippen molar-refractivity contribution in [2.75, 3.05) is 4.72 Å². The van der Waals surface area contributed by atoms with Gasteiger partial charge in [-0.3, -0.25) is 9.52 Å². The Morgan fingerprint density at radius 3 is 2.71 bits per heavy atom. The molecule has 0 aliphatic rings. The summed E-state index contributed by atoms with van der Waals surface area (Å²) in [4.78, 5) is 15.2. The second kappa shape index (κ2) is 6.12. The molecule has 0 fully saturated rings. The molecule has 0 aliphatic carbocycles. The van der Waals surface area contributed by atoms with Crippen LogP contribution in [-0.4, -0.2) is 24.5 Å². The van der Waals surface area contributed by atoms with Crippen LogP contribution in [0.1, 0.15) is 10.6 Å². The van der Waals surface area contributed by atoms with E-state index in [2.05, 4.69) is 25.6 Å². The van der Waals surface area contributed by atoms with E-state index in [1.54, 1.807) is 19.1 Å². The van der Waals surface area contributed by atoms with Gasteiger partial charge in [0.2, 0.25) is 0 Å².